The third-order valence-electron chi connectivity index (χ3n) is 8.14. The van der Waals surface area contributed by atoms with Crippen LogP contribution in [-0.4, -0.2) is 41.6 Å². The van der Waals surface area contributed by atoms with Crippen LogP contribution in [0.25, 0.3) is 10.9 Å². The molecule has 0 bridgehead atoms. The maximum Gasteiger partial charge on any atom is 0.270 e. The van der Waals surface area contributed by atoms with Crippen LogP contribution in [0.2, 0.25) is 0 Å². The van der Waals surface area contributed by atoms with Gasteiger partial charge in [-0.25, -0.2) is 4.98 Å². The summed E-state index contributed by atoms with van der Waals surface area (Å²) in [5.41, 5.74) is 3.05. The number of ether oxygens (including phenoxy) is 1. The number of fused-ring (bicyclic) bond motifs is 1. The van der Waals surface area contributed by atoms with Gasteiger partial charge >= 0.3 is 0 Å². The molecule has 1 saturated carbocycles. The first-order valence-electron chi connectivity index (χ1n) is 15.0. The molecule has 9 heteroatoms. The van der Waals surface area contributed by atoms with E-state index in [0.29, 0.717) is 36.0 Å². The Morgan fingerprint density at radius 2 is 1.70 bits per heavy atom. The highest BCUT2D eigenvalue weighted by atomic mass is 16.6. The first kappa shape index (κ1) is 30.2. The minimum atomic E-state index is -0.361. The van der Waals surface area contributed by atoms with Gasteiger partial charge in [0.05, 0.1) is 10.4 Å². The highest BCUT2D eigenvalue weighted by molar-refractivity contribution is 5.90. The van der Waals surface area contributed by atoms with Crippen molar-refractivity contribution < 1.29 is 9.66 Å². The average molecular weight is 583 g/mol. The summed E-state index contributed by atoms with van der Waals surface area (Å²) in [7, 11) is 4.01. The third kappa shape index (κ3) is 7.59. The Kier molecular flexibility index (Phi) is 9.11. The summed E-state index contributed by atoms with van der Waals surface area (Å²) in [4.78, 5) is 22.7. The molecule has 1 aliphatic rings. The smallest absolute Gasteiger partial charge is 0.270 e. The number of nitro benzene ring substituents is 1. The molecule has 3 aromatic carbocycles. The van der Waals surface area contributed by atoms with Crippen LogP contribution in [0.3, 0.4) is 0 Å². The van der Waals surface area contributed by atoms with Crippen LogP contribution >= 0.6 is 0 Å². The molecule has 5 rings (SSSR count). The number of anilines is 2. The number of aromatic nitrogens is 2. The van der Waals surface area contributed by atoms with Gasteiger partial charge in [0.15, 0.2) is 0 Å². The molecule has 4 aromatic rings. The maximum atomic E-state index is 11.5. The number of hydrogen-bond donors (Lipinski definition) is 2. The topological polar surface area (TPSA) is 105 Å². The number of hydrogen-bond acceptors (Lipinski definition) is 8. The molecule has 0 saturated heterocycles. The van der Waals surface area contributed by atoms with Gasteiger partial charge in [0, 0.05) is 49.8 Å². The van der Waals surface area contributed by atoms with E-state index in [0.717, 1.165) is 54.5 Å². The molecule has 1 aliphatic carbocycles. The lowest BCUT2D eigenvalue weighted by Gasteiger charge is -2.29. The normalized spacial score (nSPS) is 17.0. The van der Waals surface area contributed by atoms with Crippen molar-refractivity contribution in [2.45, 2.75) is 64.5 Å². The molecule has 1 fully saturated rings. The van der Waals surface area contributed by atoms with Crippen molar-refractivity contribution in [3.05, 3.63) is 88.0 Å². The predicted molar refractivity (Wildman–Crippen MR) is 173 cm³/mol. The Balaban J connectivity index is 1.17. The molecule has 2 N–H and O–H groups in total. The van der Waals surface area contributed by atoms with Crippen molar-refractivity contribution in [3.63, 3.8) is 0 Å². The zero-order valence-electron chi connectivity index (χ0n) is 25.8. The van der Waals surface area contributed by atoms with Crippen molar-refractivity contribution in [2.24, 2.45) is 5.92 Å². The number of rotatable bonds is 10. The number of nitrogens with one attached hydrogen (secondary N) is 2. The Bertz CT molecular complexity index is 1560. The molecule has 0 unspecified atom stereocenters. The number of non-ortho nitro benzene ring substituents is 1. The summed E-state index contributed by atoms with van der Waals surface area (Å²) >= 11 is 0. The SMILES string of the molecule is CN(C)c1nc(N[C@H]2CC[C@@H](CNCc3cc([N+](=O)[O-])ccc3Oc3ccc(C(C)(C)C)cc3)CC2)nc2ccccc12. The zero-order chi connectivity index (χ0) is 30.6. The summed E-state index contributed by atoms with van der Waals surface area (Å²) in [6, 6.07) is 21.3. The van der Waals surface area contributed by atoms with Crippen LogP contribution < -0.4 is 20.3 Å². The lowest BCUT2D eigenvalue weighted by molar-refractivity contribution is -0.384. The fraction of sp³-hybridized carbons (Fsp3) is 0.412. The van der Waals surface area contributed by atoms with Crippen molar-refractivity contribution in [3.8, 4) is 11.5 Å². The van der Waals surface area contributed by atoms with E-state index in [4.69, 9.17) is 14.7 Å². The van der Waals surface area contributed by atoms with E-state index in [2.05, 4.69) is 49.6 Å². The van der Waals surface area contributed by atoms with Gasteiger partial charge in [0.2, 0.25) is 5.95 Å². The maximum absolute atomic E-state index is 11.5. The van der Waals surface area contributed by atoms with Crippen molar-refractivity contribution in [2.75, 3.05) is 30.9 Å². The van der Waals surface area contributed by atoms with Crippen LogP contribution in [0.1, 0.15) is 57.6 Å². The molecule has 0 radical (unpaired) electrons. The molecule has 226 valence electrons. The number of benzene rings is 3. The quantitative estimate of drug-likeness (QED) is 0.147. The van der Waals surface area contributed by atoms with Crippen LogP contribution in [0.5, 0.6) is 11.5 Å². The van der Waals surface area contributed by atoms with Crippen molar-refractivity contribution in [1.82, 2.24) is 15.3 Å². The summed E-state index contributed by atoms with van der Waals surface area (Å²) in [5.74, 6) is 3.46. The highest BCUT2D eigenvalue weighted by Gasteiger charge is 2.23. The lowest BCUT2D eigenvalue weighted by Crippen LogP contribution is -2.31. The second kappa shape index (κ2) is 13.0. The molecule has 1 aromatic heterocycles. The number of nitrogens with zero attached hydrogens (tertiary/aromatic N) is 4. The van der Waals surface area contributed by atoms with Crippen LogP contribution in [0.15, 0.2) is 66.7 Å². The van der Waals surface area contributed by atoms with E-state index in [-0.39, 0.29) is 16.0 Å². The zero-order valence-corrected chi connectivity index (χ0v) is 25.8. The fourth-order valence-electron chi connectivity index (χ4n) is 5.64. The molecular formula is C34H42N6O3. The highest BCUT2D eigenvalue weighted by Crippen LogP contribution is 2.32. The molecule has 9 nitrogen and oxygen atoms in total. The lowest BCUT2D eigenvalue weighted by atomic mass is 9.86. The van der Waals surface area contributed by atoms with E-state index in [1.54, 1.807) is 12.1 Å². The van der Waals surface area contributed by atoms with Gasteiger partial charge in [-0.2, -0.15) is 4.98 Å². The summed E-state index contributed by atoms with van der Waals surface area (Å²) in [6.07, 6.45) is 4.24. The van der Waals surface area contributed by atoms with Gasteiger partial charge < -0.3 is 20.3 Å². The van der Waals surface area contributed by atoms with Gasteiger partial charge in [-0.3, -0.25) is 10.1 Å². The number of para-hydroxylation sites is 1. The Hall–Kier alpha value is -4.24. The van der Waals surface area contributed by atoms with Crippen LogP contribution in [-0.2, 0) is 12.0 Å². The summed E-state index contributed by atoms with van der Waals surface area (Å²) < 4.78 is 6.19. The molecule has 0 amide bonds. The van der Waals surface area contributed by atoms with E-state index in [1.165, 1.54) is 11.6 Å². The minimum absolute atomic E-state index is 0.0516. The Morgan fingerprint density at radius 3 is 2.37 bits per heavy atom. The van der Waals surface area contributed by atoms with E-state index >= 15 is 0 Å². The van der Waals surface area contributed by atoms with E-state index in [9.17, 15) is 10.1 Å². The summed E-state index contributed by atoms with van der Waals surface area (Å²) in [6.45, 7) is 7.85. The van der Waals surface area contributed by atoms with Crippen molar-refractivity contribution >= 4 is 28.4 Å². The molecule has 1 heterocycles. The van der Waals surface area contributed by atoms with Gasteiger partial charge in [0.1, 0.15) is 17.3 Å². The van der Waals surface area contributed by atoms with Gasteiger partial charge in [-0.05, 0) is 79.5 Å². The first-order chi connectivity index (χ1) is 20.6. The van der Waals surface area contributed by atoms with Gasteiger partial charge in [0.25, 0.3) is 5.69 Å². The monoisotopic (exact) mass is 582 g/mol. The molecule has 43 heavy (non-hydrogen) atoms. The molecule has 0 spiro atoms. The van der Waals surface area contributed by atoms with Gasteiger partial charge in [-0.1, -0.05) is 45.0 Å². The standard InChI is InChI=1S/C34H42N6O3/c1-34(2,3)25-12-17-28(18-13-25)43-31-19-16-27(40(41)42)20-24(31)22-35-21-23-10-14-26(15-11-23)36-33-37-30-9-7-6-8-29(30)32(38-33)39(4)5/h6-9,12-13,16-20,23,26,35H,10-11,14-15,21-22H2,1-5H3,(H,36,37,38)/t23-,26+. The molecule has 0 atom stereocenters. The second-order valence-corrected chi connectivity index (χ2v) is 12.7. The minimum Gasteiger partial charge on any atom is -0.457 e. The van der Waals surface area contributed by atoms with Crippen LogP contribution in [0, 0.1) is 16.0 Å². The third-order valence-corrected chi connectivity index (χ3v) is 8.14. The van der Waals surface area contributed by atoms with E-state index < -0.39 is 0 Å². The Labute approximate surface area is 253 Å². The largest absolute Gasteiger partial charge is 0.457 e. The van der Waals surface area contributed by atoms with E-state index in [1.807, 2.05) is 49.3 Å². The van der Waals surface area contributed by atoms with Crippen molar-refractivity contribution in [1.29, 1.82) is 0 Å². The molecular weight excluding hydrogens is 540 g/mol. The summed E-state index contributed by atoms with van der Waals surface area (Å²) in [5, 5.41) is 19.6. The predicted octanol–water partition coefficient (Wildman–Crippen LogP) is 7.45. The fourth-order valence-corrected chi connectivity index (χ4v) is 5.64. The average Bonchev–Trinajstić information content (AvgIpc) is 2.98. The molecule has 0 aliphatic heterocycles. The number of nitro groups is 1. The first-order valence-corrected chi connectivity index (χ1v) is 15.0. The Morgan fingerprint density at radius 1 is 0.977 bits per heavy atom. The van der Waals surface area contributed by atoms with Gasteiger partial charge in [-0.15, -0.1) is 0 Å². The second-order valence-electron chi connectivity index (χ2n) is 12.7. The van der Waals surface area contributed by atoms with Crippen LogP contribution in [0.4, 0.5) is 17.5 Å².